The van der Waals surface area contributed by atoms with Crippen LogP contribution in [0.2, 0.25) is 0 Å². The molecule has 0 saturated heterocycles. The van der Waals surface area contributed by atoms with Crippen LogP contribution < -0.4 is 19.9 Å². The minimum atomic E-state index is -0.642. The van der Waals surface area contributed by atoms with E-state index in [1.165, 1.54) is 12.0 Å². The summed E-state index contributed by atoms with van der Waals surface area (Å²) in [7, 11) is 3.04. The van der Waals surface area contributed by atoms with Crippen molar-refractivity contribution in [3.8, 4) is 11.5 Å². The fraction of sp³-hybridized carbons (Fsp3) is 0.423. The van der Waals surface area contributed by atoms with E-state index in [4.69, 9.17) is 14.7 Å². The Bertz CT molecular complexity index is 1000. The minimum absolute atomic E-state index is 0.0738. The maximum atomic E-state index is 13.1. The van der Waals surface area contributed by atoms with Crippen LogP contribution in [0.3, 0.4) is 0 Å². The Morgan fingerprint density at radius 2 is 1.63 bits per heavy atom. The molecule has 0 bridgehead atoms. The Labute approximate surface area is 206 Å². The monoisotopic (exact) mass is 485 g/mol. The maximum Gasteiger partial charge on any atom is 0.243 e. The molecule has 0 radical (unpaired) electrons. The molecule has 0 aliphatic carbocycles. The zero-order valence-electron chi connectivity index (χ0n) is 21.0. The minimum Gasteiger partial charge on any atom is -0.497 e. The number of nitrogens with one attached hydrogen (secondary N) is 1. The molecular formula is C26H35N3O6. The van der Waals surface area contributed by atoms with Crippen molar-refractivity contribution in [3.05, 3.63) is 53.6 Å². The molecule has 1 atom stereocenters. The number of carbonyl (C=O) groups is 3. The number of hydrogen-bond donors (Lipinski definition) is 2. The topological polar surface area (TPSA) is 108 Å². The highest BCUT2D eigenvalue weighted by Crippen LogP contribution is 2.34. The van der Waals surface area contributed by atoms with Gasteiger partial charge in [-0.25, -0.2) is 5.48 Å². The number of benzene rings is 2. The van der Waals surface area contributed by atoms with Crippen molar-refractivity contribution >= 4 is 23.4 Å². The number of hydroxylamine groups is 1. The van der Waals surface area contributed by atoms with Gasteiger partial charge in [0.15, 0.2) is 0 Å². The summed E-state index contributed by atoms with van der Waals surface area (Å²) in [5.74, 6) is -0.138. The van der Waals surface area contributed by atoms with Crippen LogP contribution in [0.15, 0.2) is 42.5 Å². The predicted octanol–water partition coefficient (Wildman–Crippen LogP) is 3.49. The van der Waals surface area contributed by atoms with Gasteiger partial charge in [-0.1, -0.05) is 24.3 Å². The lowest BCUT2D eigenvalue weighted by Crippen LogP contribution is -2.34. The first-order valence-corrected chi connectivity index (χ1v) is 11.6. The van der Waals surface area contributed by atoms with E-state index in [-0.39, 0.29) is 37.1 Å². The van der Waals surface area contributed by atoms with Gasteiger partial charge in [-0.2, -0.15) is 0 Å². The first-order valence-electron chi connectivity index (χ1n) is 11.6. The van der Waals surface area contributed by atoms with Crippen LogP contribution in [0.4, 0.5) is 5.69 Å². The molecule has 190 valence electrons. The summed E-state index contributed by atoms with van der Waals surface area (Å²) >= 11 is 0. The number of amides is 3. The maximum absolute atomic E-state index is 13.1. The van der Waals surface area contributed by atoms with Crippen molar-refractivity contribution in [2.24, 2.45) is 0 Å². The van der Waals surface area contributed by atoms with Gasteiger partial charge in [0.25, 0.3) is 0 Å². The molecule has 3 amide bonds. The van der Waals surface area contributed by atoms with E-state index in [2.05, 4.69) is 0 Å². The van der Waals surface area contributed by atoms with Gasteiger partial charge in [0.1, 0.15) is 11.5 Å². The second-order valence-corrected chi connectivity index (χ2v) is 8.03. The predicted molar refractivity (Wildman–Crippen MR) is 133 cm³/mol. The third kappa shape index (κ3) is 7.19. The SMILES string of the molecule is CCN(CC)C(=O)C(C)c1ccc(CN(C(=O)CCC(=O)NO)c2ccc(OC)cc2OC)cc1. The summed E-state index contributed by atoms with van der Waals surface area (Å²) in [6.07, 6.45) is -0.261. The molecule has 0 saturated carbocycles. The van der Waals surface area contributed by atoms with Gasteiger partial charge in [0, 0.05) is 32.0 Å². The normalized spacial score (nSPS) is 11.4. The van der Waals surface area contributed by atoms with E-state index in [1.54, 1.807) is 35.7 Å². The molecule has 9 nitrogen and oxygen atoms in total. The van der Waals surface area contributed by atoms with E-state index in [0.717, 1.165) is 11.1 Å². The fourth-order valence-corrected chi connectivity index (χ4v) is 3.77. The highest BCUT2D eigenvalue weighted by molar-refractivity contribution is 5.96. The highest BCUT2D eigenvalue weighted by atomic mass is 16.5. The van der Waals surface area contributed by atoms with Crippen LogP contribution in [0.5, 0.6) is 11.5 Å². The van der Waals surface area contributed by atoms with Gasteiger partial charge in [-0.3, -0.25) is 19.6 Å². The number of likely N-dealkylation sites (N-methyl/N-ethyl adjacent to an activating group) is 1. The molecule has 1 unspecified atom stereocenters. The Hall–Kier alpha value is -3.59. The molecule has 0 aliphatic heterocycles. The Morgan fingerprint density at radius 1 is 0.971 bits per heavy atom. The number of anilines is 1. The average molecular weight is 486 g/mol. The first-order chi connectivity index (χ1) is 16.8. The quantitative estimate of drug-likeness (QED) is 0.352. The van der Waals surface area contributed by atoms with Gasteiger partial charge >= 0.3 is 0 Å². The summed E-state index contributed by atoms with van der Waals surface area (Å²) in [6, 6.07) is 12.7. The number of ether oxygens (including phenoxy) is 2. The lowest BCUT2D eigenvalue weighted by molar-refractivity contribution is -0.132. The van der Waals surface area contributed by atoms with E-state index < -0.39 is 5.91 Å². The van der Waals surface area contributed by atoms with Gasteiger partial charge in [-0.15, -0.1) is 0 Å². The van der Waals surface area contributed by atoms with Gasteiger partial charge < -0.3 is 19.3 Å². The van der Waals surface area contributed by atoms with E-state index in [0.29, 0.717) is 30.3 Å². The zero-order chi connectivity index (χ0) is 26.0. The third-order valence-electron chi connectivity index (χ3n) is 5.94. The molecule has 0 aromatic heterocycles. The van der Waals surface area contributed by atoms with E-state index in [1.807, 2.05) is 45.0 Å². The second kappa shape index (κ2) is 13.3. The van der Waals surface area contributed by atoms with Crippen LogP contribution >= 0.6 is 0 Å². The summed E-state index contributed by atoms with van der Waals surface area (Å²) in [5, 5.41) is 8.77. The van der Waals surface area contributed by atoms with Crippen molar-refractivity contribution in [1.29, 1.82) is 0 Å². The number of nitrogens with zero attached hydrogens (tertiary/aromatic N) is 2. The molecule has 2 N–H and O–H groups in total. The number of methoxy groups -OCH3 is 2. The van der Waals surface area contributed by atoms with Crippen LogP contribution in [-0.4, -0.2) is 55.1 Å². The molecule has 2 aromatic rings. The van der Waals surface area contributed by atoms with Gasteiger partial charge in [0.2, 0.25) is 17.7 Å². The van der Waals surface area contributed by atoms with Gasteiger partial charge in [0.05, 0.1) is 32.4 Å². The molecule has 35 heavy (non-hydrogen) atoms. The largest absolute Gasteiger partial charge is 0.497 e. The molecule has 0 heterocycles. The van der Waals surface area contributed by atoms with E-state index >= 15 is 0 Å². The van der Waals surface area contributed by atoms with Crippen molar-refractivity contribution in [1.82, 2.24) is 10.4 Å². The Balaban J connectivity index is 2.32. The third-order valence-corrected chi connectivity index (χ3v) is 5.94. The van der Waals surface area contributed by atoms with Crippen molar-refractivity contribution < 1.29 is 29.1 Å². The van der Waals surface area contributed by atoms with Crippen LogP contribution in [0.25, 0.3) is 0 Å². The summed E-state index contributed by atoms with van der Waals surface area (Å²) < 4.78 is 10.7. The summed E-state index contributed by atoms with van der Waals surface area (Å²) in [6.45, 7) is 7.35. The zero-order valence-corrected chi connectivity index (χ0v) is 21.0. The van der Waals surface area contributed by atoms with Crippen LogP contribution in [0.1, 0.15) is 50.7 Å². The van der Waals surface area contributed by atoms with Crippen LogP contribution in [0, 0.1) is 0 Å². The lowest BCUT2D eigenvalue weighted by Gasteiger charge is -2.26. The molecule has 2 aromatic carbocycles. The first kappa shape index (κ1) is 27.7. The smallest absolute Gasteiger partial charge is 0.243 e. The molecule has 9 heteroatoms. The molecule has 0 aliphatic rings. The van der Waals surface area contributed by atoms with E-state index in [9.17, 15) is 14.4 Å². The highest BCUT2D eigenvalue weighted by Gasteiger charge is 2.23. The standard InChI is InChI=1S/C26H35N3O6/c1-6-28(7-2)26(32)18(3)20-10-8-19(9-11-20)17-29(25(31)15-14-24(30)27-33)22-13-12-21(34-4)16-23(22)35-5/h8-13,16,18,33H,6-7,14-15,17H2,1-5H3,(H,27,30). The van der Waals surface area contributed by atoms with Crippen molar-refractivity contribution in [3.63, 3.8) is 0 Å². The van der Waals surface area contributed by atoms with Crippen molar-refractivity contribution in [2.75, 3.05) is 32.2 Å². The average Bonchev–Trinajstić information content (AvgIpc) is 2.90. The fourth-order valence-electron chi connectivity index (χ4n) is 3.77. The Kier molecular flexibility index (Phi) is 10.5. The molecule has 2 rings (SSSR count). The molecule has 0 fully saturated rings. The summed E-state index contributed by atoms with van der Waals surface area (Å²) in [4.78, 5) is 40.7. The number of rotatable bonds is 12. The summed E-state index contributed by atoms with van der Waals surface area (Å²) in [5.41, 5.74) is 3.81. The second-order valence-electron chi connectivity index (χ2n) is 8.03. The van der Waals surface area contributed by atoms with Gasteiger partial charge in [-0.05, 0) is 44.0 Å². The number of hydrogen-bond acceptors (Lipinski definition) is 6. The van der Waals surface area contributed by atoms with Crippen molar-refractivity contribution in [2.45, 2.75) is 46.1 Å². The molecule has 0 spiro atoms. The van der Waals surface area contributed by atoms with Crippen LogP contribution in [-0.2, 0) is 20.9 Å². The Morgan fingerprint density at radius 3 is 2.17 bits per heavy atom. The lowest BCUT2D eigenvalue weighted by atomic mass is 9.98. The number of carbonyl (C=O) groups excluding carboxylic acids is 3. The molecular weight excluding hydrogens is 450 g/mol.